The molecule has 0 N–H and O–H groups in total. The smallest absolute Gasteiger partial charge is 0.233 e. The third-order valence-electron chi connectivity index (χ3n) is 4.05. The van der Waals surface area contributed by atoms with Crippen molar-refractivity contribution in [3.63, 3.8) is 0 Å². The number of hydrogen-bond donors (Lipinski definition) is 0. The zero-order valence-electron chi connectivity index (χ0n) is 12.8. The van der Waals surface area contributed by atoms with Crippen molar-refractivity contribution in [2.24, 2.45) is 0 Å². The van der Waals surface area contributed by atoms with Gasteiger partial charge in [-0.15, -0.1) is 11.8 Å². The molecule has 0 spiro atoms. The molecule has 3 nitrogen and oxygen atoms in total. The molecule has 0 saturated carbocycles. The highest BCUT2D eigenvalue weighted by Crippen LogP contribution is 2.32. The fourth-order valence-corrected chi connectivity index (χ4v) is 4.03. The van der Waals surface area contributed by atoms with Crippen molar-refractivity contribution in [2.75, 3.05) is 12.3 Å². The molecule has 1 aromatic carbocycles. The summed E-state index contributed by atoms with van der Waals surface area (Å²) in [6.07, 6.45) is 5.70. The average molecular weight is 347 g/mol. The van der Waals surface area contributed by atoms with Gasteiger partial charge in [0.15, 0.2) is 0 Å². The Bertz CT molecular complexity index is 665. The second-order valence-electron chi connectivity index (χ2n) is 5.65. The van der Waals surface area contributed by atoms with E-state index >= 15 is 0 Å². The number of likely N-dealkylation sites (tertiary alicyclic amines) is 1. The van der Waals surface area contributed by atoms with Gasteiger partial charge >= 0.3 is 0 Å². The predicted molar refractivity (Wildman–Crippen MR) is 95.5 cm³/mol. The topological polar surface area (TPSA) is 33.2 Å². The van der Waals surface area contributed by atoms with Gasteiger partial charge in [-0.2, -0.15) is 0 Å². The zero-order valence-corrected chi connectivity index (χ0v) is 14.4. The van der Waals surface area contributed by atoms with E-state index in [1.54, 1.807) is 24.2 Å². The summed E-state index contributed by atoms with van der Waals surface area (Å²) in [6, 6.07) is 12.0. The van der Waals surface area contributed by atoms with E-state index in [1.807, 2.05) is 41.3 Å². The Hall–Kier alpha value is -1.52. The Labute approximate surface area is 146 Å². The van der Waals surface area contributed by atoms with Gasteiger partial charge < -0.3 is 4.90 Å². The summed E-state index contributed by atoms with van der Waals surface area (Å²) in [4.78, 5) is 18.6. The first-order chi connectivity index (χ1) is 11.2. The lowest BCUT2D eigenvalue weighted by Crippen LogP contribution is -2.32. The van der Waals surface area contributed by atoms with Crippen LogP contribution < -0.4 is 0 Å². The highest BCUT2D eigenvalue weighted by Gasteiger charge is 2.29. The van der Waals surface area contributed by atoms with Gasteiger partial charge in [-0.3, -0.25) is 9.78 Å². The second-order valence-corrected chi connectivity index (χ2v) is 7.07. The summed E-state index contributed by atoms with van der Waals surface area (Å²) in [7, 11) is 0. The van der Waals surface area contributed by atoms with Crippen LogP contribution in [0.25, 0.3) is 0 Å². The normalized spacial score (nSPS) is 17.4. The molecule has 1 atom stereocenters. The van der Waals surface area contributed by atoms with E-state index in [0.717, 1.165) is 35.7 Å². The first kappa shape index (κ1) is 16.3. The van der Waals surface area contributed by atoms with Gasteiger partial charge in [-0.1, -0.05) is 23.7 Å². The lowest BCUT2D eigenvalue weighted by molar-refractivity contribution is -0.129. The minimum absolute atomic E-state index is 0.206. The second kappa shape index (κ2) is 7.84. The molecule has 1 aliphatic heterocycles. The molecular weight excluding hydrogens is 328 g/mol. The summed E-state index contributed by atoms with van der Waals surface area (Å²) in [5.41, 5.74) is 2.34. The summed E-state index contributed by atoms with van der Waals surface area (Å²) in [5, 5.41) is 0.742. The fourth-order valence-electron chi connectivity index (χ4n) is 2.96. The number of thioether (sulfide) groups is 1. The molecule has 1 saturated heterocycles. The van der Waals surface area contributed by atoms with E-state index in [-0.39, 0.29) is 11.9 Å². The van der Waals surface area contributed by atoms with Crippen LogP contribution in [-0.2, 0) is 10.5 Å². The van der Waals surface area contributed by atoms with Crippen molar-refractivity contribution in [3.05, 3.63) is 64.9 Å². The number of nitrogens with zero attached hydrogens (tertiary/aromatic N) is 2. The van der Waals surface area contributed by atoms with Crippen molar-refractivity contribution in [2.45, 2.75) is 24.6 Å². The van der Waals surface area contributed by atoms with Crippen molar-refractivity contribution >= 4 is 29.3 Å². The number of benzene rings is 1. The number of carbonyl (C=O) groups is 1. The largest absolute Gasteiger partial charge is 0.335 e. The van der Waals surface area contributed by atoms with E-state index in [1.165, 1.54) is 5.56 Å². The summed E-state index contributed by atoms with van der Waals surface area (Å²) >= 11 is 7.63. The molecule has 0 bridgehead atoms. The van der Waals surface area contributed by atoms with Crippen molar-refractivity contribution in [1.82, 2.24) is 9.88 Å². The lowest BCUT2D eigenvalue weighted by atomic mass is 10.1. The van der Waals surface area contributed by atoms with Crippen LogP contribution in [0.3, 0.4) is 0 Å². The molecule has 1 unspecified atom stereocenters. The van der Waals surface area contributed by atoms with Crippen LogP contribution in [0.1, 0.15) is 30.0 Å². The molecule has 1 amide bonds. The van der Waals surface area contributed by atoms with Crippen LogP contribution in [0.4, 0.5) is 0 Å². The van der Waals surface area contributed by atoms with E-state index in [4.69, 9.17) is 11.6 Å². The molecule has 0 aliphatic carbocycles. The maximum absolute atomic E-state index is 12.5. The Morgan fingerprint density at radius 3 is 2.91 bits per heavy atom. The van der Waals surface area contributed by atoms with Gasteiger partial charge in [0, 0.05) is 29.7 Å². The zero-order chi connectivity index (χ0) is 16.1. The van der Waals surface area contributed by atoms with Crippen molar-refractivity contribution in [3.8, 4) is 0 Å². The third-order valence-corrected chi connectivity index (χ3v) is 5.27. The van der Waals surface area contributed by atoms with Crippen LogP contribution in [-0.4, -0.2) is 28.1 Å². The Morgan fingerprint density at radius 2 is 2.13 bits per heavy atom. The SMILES string of the molecule is O=C(CSCc1cccc(Cl)c1)N1CCCC1c1ccncc1. The third kappa shape index (κ3) is 4.27. The van der Waals surface area contributed by atoms with Crippen molar-refractivity contribution < 1.29 is 4.79 Å². The Kier molecular flexibility index (Phi) is 5.57. The molecule has 1 aliphatic rings. The number of aromatic nitrogens is 1. The first-order valence-corrected chi connectivity index (χ1v) is 9.29. The highest BCUT2D eigenvalue weighted by molar-refractivity contribution is 7.99. The van der Waals surface area contributed by atoms with Gasteiger partial charge in [0.2, 0.25) is 5.91 Å². The van der Waals surface area contributed by atoms with Crippen LogP contribution in [0, 0.1) is 0 Å². The van der Waals surface area contributed by atoms with Crippen LogP contribution in [0.2, 0.25) is 5.02 Å². The summed E-state index contributed by atoms with van der Waals surface area (Å²) < 4.78 is 0. The quantitative estimate of drug-likeness (QED) is 0.807. The number of rotatable bonds is 5. The molecule has 120 valence electrons. The minimum Gasteiger partial charge on any atom is -0.335 e. The van der Waals surface area contributed by atoms with Crippen LogP contribution in [0.15, 0.2) is 48.8 Å². The molecule has 2 heterocycles. The number of pyridine rings is 1. The maximum Gasteiger partial charge on any atom is 0.233 e. The molecule has 1 aromatic heterocycles. The van der Waals surface area contributed by atoms with Gasteiger partial charge in [0.05, 0.1) is 11.8 Å². The molecule has 23 heavy (non-hydrogen) atoms. The summed E-state index contributed by atoms with van der Waals surface area (Å²) in [5.74, 6) is 1.53. The van der Waals surface area contributed by atoms with Crippen LogP contribution >= 0.6 is 23.4 Å². The monoisotopic (exact) mass is 346 g/mol. The van der Waals surface area contributed by atoms with Crippen molar-refractivity contribution in [1.29, 1.82) is 0 Å². The molecule has 5 heteroatoms. The lowest BCUT2D eigenvalue weighted by Gasteiger charge is -2.25. The van der Waals surface area contributed by atoms with Gasteiger partial charge in [0.25, 0.3) is 0 Å². The Balaban J connectivity index is 1.55. The molecule has 2 aromatic rings. The van der Waals surface area contributed by atoms with E-state index < -0.39 is 0 Å². The minimum atomic E-state index is 0.206. The average Bonchev–Trinajstić information content (AvgIpc) is 3.05. The van der Waals surface area contributed by atoms with E-state index in [0.29, 0.717) is 5.75 Å². The number of amides is 1. The fraction of sp³-hybridized carbons (Fsp3) is 0.333. The Morgan fingerprint density at radius 1 is 1.30 bits per heavy atom. The molecule has 3 rings (SSSR count). The van der Waals surface area contributed by atoms with Gasteiger partial charge in [-0.05, 0) is 48.2 Å². The predicted octanol–water partition coefficient (Wildman–Crippen LogP) is 4.33. The standard InChI is InChI=1S/C18H19ClN2OS/c19-16-4-1-3-14(11-16)12-23-13-18(22)21-10-2-5-17(21)15-6-8-20-9-7-15/h1,3-4,6-9,11,17H,2,5,10,12-13H2. The van der Waals surface area contributed by atoms with Gasteiger partial charge in [-0.25, -0.2) is 0 Å². The van der Waals surface area contributed by atoms with E-state index in [2.05, 4.69) is 4.98 Å². The number of hydrogen-bond acceptors (Lipinski definition) is 3. The summed E-state index contributed by atoms with van der Waals surface area (Å²) in [6.45, 7) is 0.851. The molecule has 0 radical (unpaired) electrons. The number of carbonyl (C=O) groups excluding carboxylic acids is 1. The van der Waals surface area contributed by atoms with Gasteiger partial charge in [0.1, 0.15) is 0 Å². The number of halogens is 1. The first-order valence-electron chi connectivity index (χ1n) is 7.75. The maximum atomic E-state index is 12.5. The van der Waals surface area contributed by atoms with E-state index in [9.17, 15) is 4.79 Å². The van der Waals surface area contributed by atoms with Crippen LogP contribution in [0.5, 0.6) is 0 Å². The molecular formula is C18H19ClN2OS. The highest BCUT2D eigenvalue weighted by atomic mass is 35.5. The molecule has 1 fully saturated rings.